The summed E-state index contributed by atoms with van der Waals surface area (Å²) >= 11 is 0. The molecule has 0 aliphatic carbocycles. The van der Waals surface area contributed by atoms with Gasteiger partial charge in [0.1, 0.15) is 6.04 Å². The van der Waals surface area contributed by atoms with Gasteiger partial charge in [-0.1, -0.05) is 0 Å². The smallest absolute Gasteiger partial charge is 0.274 e. The molecule has 4 N–H and O–H groups in total. The van der Waals surface area contributed by atoms with Crippen LogP contribution in [0.15, 0.2) is 9.98 Å². The number of carbonyl (C=O) groups is 2. The van der Waals surface area contributed by atoms with Gasteiger partial charge in [-0.15, -0.1) is 0 Å². The van der Waals surface area contributed by atoms with Gasteiger partial charge in [-0.05, 0) is 0 Å². The van der Waals surface area contributed by atoms with Crippen LogP contribution in [-0.2, 0) is 9.59 Å². The summed E-state index contributed by atoms with van der Waals surface area (Å²) in [5.41, 5.74) is 5.24. The molecule has 2 amide bonds. The van der Waals surface area contributed by atoms with E-state index in [1.165, 1.54) is 6.34 Å². The maximum atomic E-state index is 11.3. The first-order valence-electron chi connectivity index (χ1n) is 3.65. The number of aliphatic imine (C=N–C) groups is 2. The predicted molar refractivity (Wildman–Crippen MR) is 44.0 cm³/mol. The van der Waals surface area contributed by atoms with Crippen LogP contribution in [0, 0.1) is 0 Å². The second kappa shape index (κ2) is 2.54. The summed E-state index contributed by atoms with van der Waals surface area (Å²) < 4.78 is 0. The summed E-state index contributed by atoms with van der Waals surface area (Å²) in [7, 11) is 0. The predicted octanol–water partition coefficient (Wildman–Crippen LogP) is -2.67. The number of nitrogens with zero attached hydrogens (tertiary/aromatic N) is 2. The monoisotopic (exact) mass is 181 g/mol. The second-order valence-corrected chi connectivity index (χ2v) is 2.69. The molecule has 2 aliphatic heterocycles. The Labute approximate surface area is 73.1 Å². The lowest BCUT2D eigenvalue weighted by atomic mass is 10.1. The van der Waals surface area contributed by atoms with Crippen LogP contribution in [0.5, 0.6) is 0 Å². The Morgan fingerprint density at radius 1 is 1.46 bits per heavy atom. The molecule has 0 aromatic rings. The van der Waals surface area contributed by atoms with Crippen LogP contribution in [0.4, 0.5) is 0 Å². The lowest BCUT2D eigenvalue weighted by Gasteiger charge is -2.09. The molecular weight excluding hydrogens is 174 g/mol. The number of fused-ring (bicyclic) bond motifs is 1. The molecule has 0 fully saturated rings. The molecule has 0 spiro atoms. The fourth-order valence-electron chi connectivity index (χ4n) is 1.22. The highest BCUT2D eigenvalue weighted by Gasteiger charge is 2.38. The molecule has 0 saturated carbocycles. The van der Waals surface area contributed by atoms with E-state index in [2.05, 4.69) is 20.6 Å². The van der Waals surface area contributed by atoms with Gasteiger partial charge in [0.15, 0.2) is 6.04 Å². The summed E-state index contributed by atoms with van der Waals surface area (Å²) in [5, 5.41) is 4.89. The van der Waals surface area contributed by atoms with Crippen LogP contribution in [0.1, 0.15) is 0 Å². The molecule has 0 radical (unpaired) electrons. The molecule has 2 heterocycles. The van der Waals surface area contributed by atoms with Gasteiger partial charge in [-0.3, -0.25) is 19.9 Å². The third-order valence-electron chi connectivity index (χ3n) is 1.82. The Bertz CT molecular complexity index is 334. The Morgan fingerprint density at radius 2 is 2.23 bits per heavy atom. The second-order valence-electron chi connectivity index (χ2n) is 2.69. The van der Waals surface area contributed by atoms with E-state index in [9.17, 15) is 9.59 Å². The largest absolute Gasteiger partial charge is 0.369 e. The zero-order valence-electron chi connectivity index (χ0n) is 6.52. The van der Waals surface area contributed by atoms with Gasteiger partial charge in [-0.25, -0.2) is 0 Å². The molecule has 2 unspecified atom stereocenters. The summed E-state index contributed by atoms with van der Waals surface area (Å²) in [4.78, 5) is 29.8. The van der Waals surface area contributed by atoms with E-state index in [0.29, 0.717) is 0 Å². The van der Waals surface area contributed by atoms with Crippen molar-refractivity contribution in [2.24, 2.45) is 15.7 Å². The number of amides is 2. The fourth-order valence-corrected chi connectivity index (χ4v) is 1.22. The minimum Gasteiger partial charge on any atom is -0.369 e. The molecule has 68 valence electrons. The molecule has 7 nitrogen and oxygen atoms in total. The lowest BCUT2D eigenvalue weighted by Crippen LogP contribution is -2.46. The summed E-state index contributed by atoms with van der Waals surface area (Å²) in [6.45, 7) is 0. The van der Waals surface area contributed by atoms with E-state index < -0.39 is 23.9 Å². The zero-order chi connectivity index (χ0) is 9.42. The van der Waals surface area contributed by atoms with E-state index in [1.54, 1.807) is 0 Å². The third-order valence-corrected chi connectivity index (χ3v) is 1.82. The van der Waals surface area contributed by atoms with Crippen molar-refractivity contribution in [3.63, 3.8) is 0 Å². The van der Waals surface area contributed by atoms with Gasteiger partial charge < -0.3 is 11.1 Å². The van der Waals surface area contributed by atoms with Crippen molar-refractivity contribution in [1.29, 1.82) is 0 Å². The van der Waals surface area contributed by atoms with Crippen LogP contribution < -0.4 is 16.4 Å². The van der Waals surface area contributed by atoms with Gasteiger partial charge in [0.05, 0.1) is 6.34 Å². The molecule has 13 heavy (non-hydrogen) atoms. The van der Waals surface area contributed by atoms with Crippen molar-refractivity contribution < 1.29 is 9.59 Å². The van der Waals surface area contributed by atoms with E-state index in [-0.39, 0.29) is 5.96 Å². The number of guanidine groups is 1. The third kappa shape index (κ3) is 1.13. The normalized spacial score (nSPS) is 31.5. The van der Waals surface area contributed by atoms with Crippen molar-refractivity contribution in [3.8, 4) is 0 Å². The van der Waals surface area contributed by atoms with Crippen LogP contribution in [0.2, 0.25) is 0 Å². The molecule has 2 atom stereocenters. The number of carbonyl (C=O) groups excluding carboxylic acids is 2. The Morgan fingerprint density at radius 3 is 3.00 bits per heavy atom. The first-order valence-corrected chi connectivity index (χ1v) is 3.65. The molecule has 0 bridgehead atoms. The SMILES string of the molecule is NC1=NC(=O)C2NC=NC2C(=O)N1. The minimum absolute atomic E-state index is 0.179. The maximum Gasteiger partial charge on any atom is 0.274 e. The molecule has 0 aromatic carbocycles. The molecule has 2 aliphatic rings. The van der Waals surface area contributed by atoms with Gasteiger partial charge >= 0.3 is 0 Å². The van der Waals surface area contributed by atoms with E-state index in [0.717, 1.165) is 0 Å². The average Bonchev–Trinajstić information content (AvgIpc) is 2.47. The quantitative estimate of drug-likeness (QED) is 0.378. The number of nitrogens with two attached hydrogens (primary N) is 1. The summed E-state index contributed by atoms with van der Waals surface area (Å²) in [6, 6.07) is -1.46. The van der Waals surface area contributed by atoms with E-state index in [4.69, 9.17) is 5.73 Å². The Hall–Kier alpha value is -1.92. The zero-order valence-corrected chi connectivity index (χ0v) is 6.52. The summed E-state index contributed by atoms with van der Waals surface area (Å²) in [6.07, 6.45) is 1.32. The average molecular weight is 181 g/mol. The topological polar surface area (TPSA) is 109 Å². The Kier molecular flexibility index (Phi) is 1.51. The maximum absolute atomic E-state index is 11.3. The molecule has 0 aromatic heterocycles. The van der Waals surface area contributed by atoms with Crippen LogP contribution >= 0.6 is 0 Å². The van der Waals surface area contributed by atoms with Crippen LogP contribution in [-0.4, -0.2) is 36.2 Å². The molecule has 2 rings (SSSR count). The van der Waals surface area contributed by atoms with Crippen molar-refractivity contribution in [3.05, 3.63) is 0 Å². The van der Waals surface area contributed by atoms with Gasteiger partial charge in [-0.2, -0.15) is 4.99 Å². The van der Waals surface area contributed by atoms with E-state index >= 15 is 0 Å². The lowest BCUT2D eigenvalue weighted by molar-refractivity contribution is -0.125. The summed E-state index contributed by atoms with van der Waals surface area (Å²) in [5.74, 6) is -1.09. The standard InChI is InChI=1S/C6H7N5O2/c7-6-10-4(12)2-3(5(13)11-6)9-1-8-2/h1-3H,(H,8,9)(H3,7,10,11,12,13). The number of hydrogen-bond acceptors (Lipinski definition) is 5. The van der Waals surface area contributed by atoms with Crippen molar-refractivity contribution in [1.82, 2.24) is 10.6 Å². The first kappa shape index (κ1) is 7.71. The molecule has 0 saturated heterocycles. The van der Waals surface area contributed by atoms with Crippen molar-refractivity contribution >= 4 is 24.1 Å². The molecule has 7 heteroatoms. The number of nitrogens with one attached hydrogen (secondary N) is 2. The Balaban J connectivity index is 2.34. The van der Waals surface area contributed by atoms with E-state index in [1.807, 2.05) is 0 Å². The first-order chi connectivity index (χ1) is 6.18. The molecular formula is C6H7N5O2. The van der Waals surface area contributed by atoms with Crippen molar-refractivity contribution in [2.75, 3.05) is 0 Å². The number of rotatable bonds is 0. The highest BCUT2D eigenvalue weighted by molar-refractivity contribution is 6.10. The number of hydrogen-bond donors (Lipinski definition) is 3. The van der Waals surface area contributed by atoms with Crippen LogP contribution in [0.25, 0.3) is 0 Å². The van der Waals surface area contributed by atoms with Gasteiger partial charge in [0.2, 0.25) is 5.96 Å². The fraction of sp³-hybridized carbons (Fsp3) is 0.333. The highest BCUT2D eigenvalue weighted by atomic mass is 16.2. The minimum atomic E-state index is -0.753. The van der Waals surface area contributed by atoms with Crippen molar-refractivity contribution in [2.45, 2.75) is 12.1 Å². The van der Waals surface area contributed by atoms with Gasteiger partial charge in [0, 0.05) is 0 Å². The van der Waals surface area contributed by atoms with Crippen LogP contribution in [0.3, 0.4) is 0 Å². The van der Waals surface area contributed by atoms with Gasteiger partial charge in [0.25, 0.3) is 11.8 Å². The highest BCUT2D eigenvalue weighted by Crippen LogP contribution is 2.08.